The van der Waals surface area contributed by atoms with Gasteiger partial charge in [0.05, 0.1) is 5.69 Å². The number of carbonyl (C=O) groups is 2. The lowest BCUT2D eigenvalue weighted by Crippen LogP contribution is -2.50. The molecule has 0 radical (unpaired) electrons. The second-order valence-electron chi connectivity index (χ2n) is 8.75. The molecule has 1 aromatic rings. The molecule has 2 amide bonds. The van der Waals surface area contributed by atoms with Crippen molar-refractivity contribution < 1.29 is 23.5 Å². The fourth-order valence-corrected chi connectivity index (χ4v) is 2.72. The molecule has 0 saturated carbocycles. The minimum atomic E-state index is -0.634. The number of halogens is 1. The second-order valence-corrected chi connectivity index (χ2v) is 8.75. The van der Waals surface area contributed by atoms with Crippen molar-refractivity contribution in [1.29, 1.82) is 0 Å². The van der Waals surface area contributed by atoms with E-state index >= 15 is 0 Å². The normalized spacial score (nSPS) is 15.2. The molecule has 2 rings (SSSR count). The first-order valence-corrected chi connectivity index (χ1v) is 9.36. The molecule has 0 bridgehead atoms. The third-order valence-electron chi connectivity index (χ3n) is 3.87. The van der Waals surface area contributed by atoms with Gasteiger partial charge >= 0.3 is 12.2 Å². The highest BCUT2D eigenvalue weighted by Crippen LogP contribution is 2.25. The minimum Gasteiger partial charge on any atom is -0.444 e. The van der Waals surface area contributed by atoms with E-state index in [2.05, 4.69) is 5.32 Å². The monoisotopic (exact) mass is 395 g/mol. The predicted molar refractivity (Wildman–Crippen MR) is 106 cm³/mol. The number of anilines is 2. The number of piperazine rings is 1. The maximum atomic E-state index is 14.6. The number of ether oxygens (including phenoxy) is 2. The molecule has 1 aliphatic rings. The van der Waals surface area contributed by atoms with Crippen LogP contribution in [0.5, 0.6) is 0 Å². The van der Waals surface area contributed by atoms with Gasteiger partial charge in [-0.25, -0.2) is 14.0 Å². The summed E-state index contributed by atoms with van der Waals surface area (Å²) in [5, 5.41) is 2.52. The lowest BCUT2D eigenvalue weighted by molar-refractivity contribution is 0.0240. The average molecular weight is 395 g/mol. The van der Waals surface area contributed by atoms with Crippen LogP contribution in [0, 0.1) is 5.82 Å². The van der Waals surface area contributed by atoms with Crippen LogP contribution in [0.25, 0.3) is 0 Å². The molecule has 7 nitrogen and oxygen atoms in total. The number of nitrogens with zero attached hydrogens (tertiary/aromatic N) is 2. The SMILES string of the molecule is CC(C)(C)OC(=O)Nc1ccc(N2CCN(C(=O)OC(C)(C)C)CC2)c(F)c1. The molecular formula is C20H30FN3O4. The molecule has 8 heteroatoms. The summed E-state index contributed by atoms with van der Waals surface area (Å²) in [6.07, 6.45) is -0.991. The Labute approximate surface area is 165 Å². The molecule has 28 heavy (non-hydrogen) atoms. The summed E-state index contributed by atoms with van der Waals surface area (Å²) in [6, 6.07) is 4.51. The van der Waals surface area contributed by atoms with Crippen molar-refractivity contribution in [3.63, 3.8) is 0 Å². The van der Waals surface area contributed by atoms with Crippen LogP contribution < -0.4 is 10.2 Å². The van der Waals surface area contributed by atoms with Gasteiger partial charge in [0, 0.05) is 31.9 Å². The number of nitrogens with one attached hydrogen (secondary N) is 1. The lowest BCUT2D eigenvalue weighted by Gasteiger charge is -2.36. The summed E-state index contributed by atoms with van der Waals surface area (Å²) >= 11 is 0. The van der Waals surface area contributed by atoms with E-state index in [4.69, 9.17) is 9.47 Å². The Balaban J connectivity index is 1.95. The summed E-state index contributed by atoms with van der Waals surface area (Å²) in [5.74, 6) is -0.445. The second kappa shape index (κ2) is 8.24. The number of carbonyl (C=O) groups excluding carboxylic acids is 2. The van der Waals surface area contributed by atoms with Crippen molar-refractivity contribution in [3.8, 4) is 0 Å². The van der Waals surface area contributed by atoms with E-state index in [1.807, 2.05) is 25.7 Å². The summed E-state index contributed by atoms with van der Waals surface area (Å²) in [7, 11) is 0. The van der Waals surface area contributed by atoms with Gasteiger partial charge in [0.1, 0.15) is 17.0 Å². The van der Waals surface area contributed by atoms with Crippen molar-refractivity contribution in [1.82, 2.24) is 4.90 Å². The summed E-state index contributed by atoms with van der Waals surface area (Å²) in [6.45, 7) is 12.6. The lowest BCUT2D eigenvalue weighted by atomic mass is 10.2. The summed E-state index contributed by atoms with van der Waals surface area (Å²) in [4.78, 5) is 27.4. The zero-order valence-electron chi connectivity index (χ0n) is 17.5. The van der Waals surface area contributed by atoms with Crippen LogP contribution in [0.15, 0.2) is 18.2 Å². The van der Waals surface area contributed by atoms with Crippen LogP contribution in [0.3, 0.4) is 0 Å². The zero-order chi connectivity index (χ0) is 21.1. The average Bonchev–Trinajstić information content (AvgIpc) is 2.51. The van der Waals surface area contributed by atoms with Gasteiger partial charge in [-0.1, -0.05) is 0 Å². The molecule has 1 N–H and O–H groups in total. The number of hydrogen-bond acceptors (Lipinski definition) is 5. The molecule has 1 saturated heterocycles. The third kappa shape index (κ3) is 6.58. The van der Waals surface area contributed by atoms with Gasteiger partial charge in [-0.15, -0.1) is 0 Å². The van der Waals surface area contributed by atoms with Gasteiger partial charge in [0.2, 0.25) is 0 Å². The van der Waals surface area contributed by atoms with E-state index in [1.165, 1.54) is 6.07 Å². The van der Waals surface area contributed by atoms with Crippen LogP contribution in [-0.4, -0.2) is 54.5 Å². The Morgan fingerprint density at radius 1 is 0.964 bits per heavy atom. The highest BCUT2D eigenvalue weighted by atomic mass is 19.1. The Bertz CT molecular complexity index is 717. The number of hydrogen-bond donors (Lipinski definition) is 1. The Morgan fingerprint density at radius 3 is 2.04 bits per heavy atom. The first-order chi connectivity index (χ1) is 12.8. The van der Waals surface area contributed by atoms with Crippen molar-refractivity contribution in [3.05, 3.63) is 24.0 Å². The van der Waals surface area contributed by atoms with Crippen LogP contribution >= 0.6 is 0 Å². The fraction of sp³-hybridized carbons (Fsp3) is 0.600. The van der Waals surface area contributed by atoms with Gasteiger partial charge < -0.3 is 19.3 Å². The molecule has 0 aliphatic carbocycles. The van der Waals surface area contributed by atoms with Gasteiger partial charge in [0.25, 0.3) is 0 Å². The molecule has 1 heterocycles. The summed E-state index contributed by atoms with van der Waals surface area (Å²) < 4.78 is 25.1. The number of rotatable bonds is 2. The van der Waals surface area contributed by atoms with E-state index in [-0.39, 0.29) is 6.09 Å². The first-order valence-electron chi connectivity index (χ1n) is 9.36. The van der Waals surface area contributed by atoms with Crippen LogP contribution in [-0.2, 0) is 9.47 Å². The van der Waals surface area contributed by atoms with Gasteiger partial charge in [-0.2, -0.15) is 0 Å². The Kier molecular flexibility index (Phi) is 6.41. The largest absolute Gasteiger partial charge is 0.444 e. The van der Waals surface area contributed by atoms with Gasteiger partial charge in [0.15, 0.2) is 0 Å². The number of amides is 2. The number of benzene rings is 1. The smallest absolute Gasteiger partial charge is 0.412 e. The van der Waals surface area contributed by atoms with Crippen molar-refractivity contribution in [2.45, 2.75) is 52.7 Å². The standard InChI is InChI=1S/C20H30FN3O4/c1-19(2,3)27-17(25)22-14-7-8-16(15(21)13-14)23-9-11-24(12-10-23)18(26)28-20(4,5)6/h7-8,13H,9-12H2,1-6H3,(H,22,25). The minimum absolute atomic E-state index is 0.322. The van der Waals surface area contributed by atoms with E-state index in [1.54, 1.807) is 37.8 Å². The first kappa shape index (κ1) is 21.8. The van der Waals surface area contributed by atoms with Crippen molar-refractivity contribution in [2.24, 2.45) is 0 Å². The van der Waals surface area contributed by atoms with E-state index in [9.17, 15) is 14.0 Å². The van der Waals surface area contributed by atoms with Crippen LogP contribution in [0.1, 0.15) is 41.5 Å². The van der Waals surface area contributed by atoms with Crippen molar-refractivity contribution >= 4 is 23.6 Å². The molecule has 156 valence electrons. The molecular weight excluding hydrogens is 365 g/mol. The fourth-order valence-electron chi connectivity index (χ4n) is 2.72. The molecule has 1 aliphatic heterocycles. The highest BCUT2D eigenvalue weighted by Gasteiger charge is 2.27. The highest BCUT2D eigenvalue weighted by molar-refractivity contribution is 5.85. The molecule has 1 fully saturated rings. The maximum absolute atomic E-state index is 14.6. The third-order valence-corrected chi connectivity index (χ3v) is 3.87. The maximum Gasteiger partial charge on any atom is 0.412 e. The van der Waals surface area contributed by atoms with Gasteiger partial charge in [-0.05, 0) is 59.7 Å². The Hall–Kier alpha value is -2.51. The van der Waals surface area contributed by atoms with Crippen LogP contribution in [0.4, 0.5) is 25.4 Å². The molecule has 0 unspecified atom stereocenters. The summed E-state index contributed by atoms with van der Waals surface area (Å²) in [5.41, 5.74) is -0.422. The van der Waals surface area contributed by atoms with Gasteiger partial charge in [-0.3, -0.25) is 5.32 Å². The van der Waals surface area contributed by atoms with Crippen LogP contribution in [0.2, 0.25) is 0 Å². The molecule has 0 atom stereocenters. The van der Waals surface area contributed by atoms with E-state index in [0.717, 1.165) is 0 Å². The van der Waals surface area contributed by atoms with E-state index in [0.29, 0.717) is 37.6 Å². The molecule has 1 aromatic carbocycles. The predicted octanol–water partition coefficient (Wildman–Crippen LogP) is 4.23. The topological polar surface area (TPSA) is 71.1 Å². The van der Waals surface area contributed by atoms with E-state index < -0.39 is 23.1 Å². The molecule has 0 spiro atoms. The zero-order valence-corrected chi connectivity index (χ0v) is 17.5. The molecule has 0 aromatic heterocycles. The Morgan fingerprint density at radius 2 is 1.54 bits per heavy atom. The van der Waals surface area contributed by atoms with Crippen molar-refractivity contribution in [2.75, 3.05) is 36.4 Å². The quantitative estimate of drug-likeness (QED) is 0.811.